The molecule has 2 heterocycles. The molecule has 0 spiro atoms. The lowest BCUT2D eigenvalue weighted by Gasteiger charge is -2.40. The Morgan fingerprint density at radius 1 is 0.654 bits per heavy atom. The summed E-state index contributed by atoms with van der Waals surface area (Å²) in [4.78, 5) is 88.5. The predicted molar refractivity (Wildman–Crippen MR) is 286 cm³/mol. The molecule has 2 rings (SSSR count). The lowest BCUT2D eigenvalue weighted by Crippen LogP contribution is -2.60. The minimum absolute atomic E-state index is 0.134. The van der Waals surface area contributed by atoms with Crippen molar-refractivity contribution in [2.45, 2.75) is 100 Å². The number of aliphatic hydroxyl groups excluding tert-OH is 4. The van der Waals surface area contributed by atoms with E-state index in [-0.39, 0.29) is 45.4 Å². The molecule has 4 amide bonds. The van der Waals surface area contributed by atoms with Crippen molar-refractivity contribution in [1.29, 1.82) is 0 Å². The molecule has 33 heteroatoms. The van der Waals surface area contributed by atoms with Crippen molar-refractivity contribution in [2.75, 3.05) is 112 Å². The standard InChI is InChI=1S/C48H81N13O20/c1-4-14-74-16-18-76-20-21-77-19-17-75-15-11-56-48(53)61(12-7-5-9-54-36(68)26-78-40(32(66)24-62)42-38(57-28(2)64)30(59-46(49)50)22-34(80-42)44(70)71)13-8-6-10-55-37(69)27-79-41(33(67)25-63)43-39(58-29(3)65)31(60-47(51)52)23-35(81-43)45(72)73/h1,22-23,30-33,38-43,62-63,66-67H,5-21,24-27H2,2-3H3,(H2,53,56)(H,54,68)(H,55,69)(H,57,64)(H,58,65)(H,70,71)(H,72,73)(H4,49,50,59)(H4,51,52,60)/t30-,31-,32+,33+,38+,39+,40+,41+,42+,43+/m0/s1. The highest BCUT2D eigenvalue weighted by Gasteiger charge is 2.47. The van der Waals surface area contributed by atoms with E-state index >= 15 is 0 Å². The maximum absolute atomic E-state index is 13.0. The lowest BCUT2D eigenvalue weighted by molar-refractivity contribution is -0.158. The number of carbonyl (C=O) groups is 6. The van der Waals surface area contributed by atoms with Crippen LogP contribution in [0.2, 0.25) is 0 Å². The van der Waals surface area contributed by atoms with Gasteiger partial charge in [-0.3, -0.25) is 24.2 Å². The summed E-state index contributed by atoms with van der Waals surface area (Å²) in [6, 6.07) is -4.84. The summed E-state index contributed by atoms with van der Waals surface area (Å²) < 4.78 is 44.2. The van der Waals surface area contributed by atoms with Crippen molar-refractivity contribution in [3.63, 3.8) is 0 Å². The number of aliphatic hydroxyl groups is 4. The van der Waals surface area contributed by atoms with E-state index in [9.17, 15) is 59.4 Å². The van der Waals surface area contributed by atoms with Crippen LogP contribution in [0.4, 0.5) is 0 Å². The molecule has 0 saturated carbocycles. The summed E-state index contributed by atoms with van der Waals surface area (Å²) in [6.45, 7) is 2.81. The van der Waals surface area contributed by atoms with Crippen molar-refractivity contribution < 1.29 is 97.3 Å². The van der Waals surface area contributed by atoms with Crippen LogP contribution in [0.3, 0.4) is 0 Å². The molecular weight excluding hydrogens is 1080 g/mol. The first kappa shape index (κ1) is 70.0. The van der Waals surface area contributed by atoms with E-state index in [1.54, 1.807) is 4.90 Å². The molecule has 0 aliphatic carbocycles. The fourth-order valence-electron chi connectivity index (χ4n) is 7.87. The second-order valence-corrected chi connectivity index (χ2v) is 17.9. The van der Waals surface area contributed by atoms with E-state index < -0.39 is 146 Å². The summed E-state index contributed by atoms with van der Waals surface area (Å²) in [5.74, 6) is -5.22. The van der Waals surface area contributed by atoms with E-state index in [0.29, 0.717) is 71.8 Å². The zero-order chi connectivity index (χ0) is 60.3. The molecule has 20 N–H and O–H groups in total. The third-order valence-corrected chi connectivity index (χ3v) is 11.5. The van der Waals surface area contributed by atoms with Gasteiger partial charge < -0.3 is 123 Å². The number of unbranched alkanes of at least 4 members (excludes halogenated alkanes) is 2. The van der Waals surface area contributed by atoms with Gasteiger partial charge in [0.05, 0.1) is 90.2 Å². The van der Waals surface area contributed by atoms with Crippen LogP contribution in [0.5, 0.6) is 0 Å². The monoisotopic (exact) mass is 1160 g/mol. The van der Waals surface area contributed by atoms with Crippen LogP contribution < -0.4 is 49.9 Å². The minimum atomic E-state index is -1.73. The number of guanidine groups is 3. The molecule has 0 aromatic heterocycles. The van der Waals surface area contributed by atoms with Gasteiger partial charge in [-0.2, -0.15) is 0 Å². The summed E-state index contributed by atoms with van der Waals surface area (Å²) in [7, 11) is 0. The molecule has 0 bridgehead atoms. The molecule has 81 heavy (non-hydrogen) atoms. The SMILES string of the molecule is C#CCOCCOCCOCCOCCN=C(N)N(CCCCNC(=O)CO[C@@H]([C@@H]1OC(C(=O)O)=C[C@H](N=C(N)N)[C@H]1NC(C)=O)[C@H](O)CO)CCCCNC(=O)CO[C@@H]([C@@H]1OC(C(=O)O)=C[C@H](N=C(N)N)[C@H]1NC(C)=O)[C@H](O)CO. The van der Waals surface area contributed by atoms with E-state index in [1.807, 2.05) is 0 Å². The number of amides is 4. The van der Waals surface area contributed by atoms with Gasteiger partial charge in [0, 0.05) is 40.0 Å². The molecule has 2 aliphatic heterocycles. The number of terminal acetylenes is 1. The average Bonchev–Trinajstić information content (AvgIpc) is 3.40. The van der Waals surface area contributed by atoms with Crippen molar-refractivity contribution >= 4 is 53.4 Å². The first-order valence-electron chi connectivity index (χ1n) is 25.7. The number of aliphatic imine (C=N–C) groups is 3. The fourth-order valence-corrected chi connectivity index (χ4v) is 7.87. The quantitative estimate of drug-likeness (QED) is 0.0117. The van der Waals surface area contributed by atoms with Crippen LogP contribution in [-0.4, -0.2) is 262 Å². The molecule has 2 aliphatic rings. The average molecular weight is 1160 g/mol. The fraction of sp³-hybridized carbons (Fsp3) is 0.688. The van der Waals surface area contributed by atoms with Gasteiger partial charge in [-0.15, -0.1) is 6.42 Å². The Morgan fingerprint density at radius 2 is 1.05 bits per heavy atom. The number of rotatable bonds is 41. The number of nitrogens with one attached hydrogen (secondary N) is 4. The highest BCUT2D eigenvalue weighted by atomic mass is 16.6. The van der Waals surface area contributed by atoms with Crippen molar-refractivity contribution in [1.82, 2.24) is 26.2 Å². The van der Waals surface area contributed by atoms with E-state index in [1.165, 1.54) is 0 Å². The molecule has 0 aromatic carbocycles. The second-order valence-electron chi connectivity index (χ2n) is 17.9. The summed E-state index contributed by atoms with van der Waals surface area (Å²) in [6.07, 6.45) is -0.643. The second kappa shape index (κ2) is 39.3. The molecule has 33 nitrogen and oxygen atoms in total. The maximum atomic E-state index is 13.0. The number of aliphatic carboxylic acids is 2. The first-order valence-corrected chi connectivity index (χ1v) is 25.7. The molecule has 10 atom stereocenters. The number of ether oxygens (including phenoxy) is 8. The lowest BCUT2D eigenvalue weighted by atomic mass is 9.92. The Bertz CT molecular complexity index is 2050. The summed E-state index contributed by atoms with van der Waals surface area (Å²) in [5, 5.41) is 71.1. The molecule has 0 unspecified atom stereocenters. The predicted octanol–water partition coefficient (Wildman–Crippen LogP) is -7.40. The van der Waals surface area contributed by atoms with Crippen LogP contribution in [0.15, 0.2) is 38.6 Å². The number of carboxylic acid groups (broad SMARTS) is 2. The van der Waals surface area contributed by atoms with Gasteiger partial charge in [0.2, 0.25) is 35.1 Å². The van der Waals surface area contributed by atoms with Crippen LogP contribution in [0, 0.1) is 12.3 Å². The normalized spacial score (nSPS) is 20.2. The van der Waals surface area contributed by atoms with Gasteiger partial charge in [-0.1, -0.05) is 5.92 Å². The van der Waals surface area contributed by atoms with Gasteiger partial charge in [-0.25, -0.2) is 19.6 Å². The number of nitrogens with two attached hydrogens (primary N) is 5. The zero-order valence-electron chi connectivity index (χ0n) is 45.4. The van der Waals surface area contributed by atoms with Crippen molar-refractivity contribution in [3.8, 4) is 12.3 Å². The highest BCUT2D eigenvalue weighted by molar-refractivity contribution is 5.86. The van der Waals surface area contributed by atoms with E-state index in [0.717, 1.165) is 26.0 Å². The third-order valence-electron chi connectivity index (χ3n) is 11.5. The Labute approximate surface area is 467 Å². The van der Waals surface area contributed by atoms with Gasteiger partial charge in [-0.05, 0) is 37.8 Å². The Morgan fingerprint density at radius 3 is 1.41 bits per heavy atom. The van der Waals surface area contributed by atoms with Crippen molar-refractivity contribution in [2.24, 2.45) is 43.6 Å². The van der Waals surface area contributed by atoms with Crippen LogP contribution in [0.1, 0.15) is 39.5 Å². The van der Waals surface area contributed by atoms with Crippen LogP contribution in [0.25, 0.3) is 0 Å². The van der Waals surface area contributed by atoms with Gasteiger partial charge in [0.25, 0.3) is 0 Å². The Balaban J connectivity index is 2.06. The van der Waals surface area contributed by atoms with Crippen molar-refractivity contribution in [3.05, 3.63) is 23.7 Å². The van der Waals surface area contributed by atoms with E-state index in [4.69, 9.17) is 73.0 Å². The van der Waals surface area contributed by atoms with Crippen LogP contribution >= 0.6 is 0 Å². The number of hydrogen-bond donors (Lipinski definition) is 15. The van der Waals surface area contributed by atoms with Gasteiger partial charge >= 0.3 is 11.9 Å². The highest BCUT2D eigenvalue weighted by Crippen LogP contribution is 2.28. The van der Waals surface area contributed by atoms with Gasteiger partial charge in [0.1, 0.15) is 44.2 Å². The number of carbonyl (C=O) groups excluding carboxylic acids is 4. The molecule has 0 saturated heterocycles. The first-order chi connectivity index (χ1) is 38.6. The summed E-state index contributed by atoms with van der Waals surface area (Å²) >= 11 is 0. The Kier molecular flexibility index (Phi) is 33.9. The summed E-state index contributed by atoms with van der Waals surface area (Å²) in [5.41, 5.74) is 28.7. The van der Waals surface area contributed by atoms with Crippen LogP contribution in [-0.2, 0) is 66.7 Å². The molecule has 0 radical (unpaired) electrons. The maximum Gasteiger partial charge on any atom is 0.370 e. The molecule has 458 valence electrons. The van der Waals surface area contributed by atoms with E-state index in [2.05, 4.69) is 42.2 Å². The largest absolute Gasteiger partial charge is 0.478 e. The van der Waals surface area contributed by atoms with Gasteiger partial charge in [0.15, 0.2) is 30.1 Å². The third kappa shape index (κ3) is 27.7. The number of carboxylic acids is 2. The number of hydrogen-bond acceptors (Lipinski definition) is 21. The smallest absolute Gasteiger partial charge is 0.370 e. The number of nitrogens with zero attached hydrogens (tertiary/aromatic N) is 4. The minimum Gasteiger partial charge on any atom is -0.478 e. The topological polar surface area (TPSA) is 516 Å². The molecule has 0 fully saturated rings. The zero-order valence-corrected chi connectivity index (χ0v) is 45.4. The Hall–Kier alpha value is -7.13. The molecular formula is C48H81N13O20. The molecule has 0 aromatic rings.